The molecule has 0 aromatic heterocycles. The highest BCUT2D eigenvalue weighted by molar-refractivity contribution is 6.28. The van der Waals surface area contributed by atoms with Crippen molar-refractivity contribution in [1.82, 2.24) is 0 Å². The van der Waals surface area contributed by atoms with Crippen LogP contribution in [0.25, 0.3) is 0 Å². The van der Waals surface area contributed by atoms with E-state index in [1.54, 1.807) is 30.3 Å². The number of esters is 1. The third-order valence-corrected chi connectivity index (χ3v) is 1.84. The van der Waals surface area contributed by atoms with Crippen LogP contribution in [0.5, 0.6) is 0 Å². The van der Waals surface area contributed by atoms with E-state index < -0.39 is 17.9 Å². The molecule has 0 radical (unpaired) electrons. The second-order valence-corrected chi connectivity index (χ2v) is 2.96. The van der Waals surface area contributed by atoms with Crippen molar-refractivity contribution in [3.8, 4) is 0 Å². The summed E-state index contributed by atoms with van der Waals surface area (Å²) >= 11 is 0. The lowest BCUT2D eigenvalue weighted by atomic mass is 10.2. The fraction of sp³-hybridized carbons (Fsp3) is 0.182. The molecule has 0 amide bonds. The fourth-order valence-electron chi connectivity index (χ4n) is 0.978. The molecule has 0 heterocycles. The number of benzene rings is 1. The molecule has 0 spiro atoms. The van der Waals surface area contributed by atoms with Gasteiger partial charge in [0.05, 0.1) is 11.8 Å². The van der Waals surface area contributed by atoms with Gasteiger partial charge in [0.25, 0.3) is 0 Å². The molecule has 0 aliphatic rings. The lowest BCUT2D eigenvalue weighted by molar-refractivity contribution is -0.119. The third kappa shape index (κ3) is 3.02. The van der Waals surface area contributed by atoms with Gasteiger partial charge in [-0.05, 0) is 19.1 Å². The highest BCUT2D eigenvalue weighted by atomic mass is 16.5. The molecule has 4 heteroatoms. The maximum atomic E-state index is 11.4. The van der Waals surface area contributed by atoms with Crippen molar-refractivity contribution < 1.29 is 14.3 Å². The summed E-state index contributed by atoms with van der Waals surface area (Å²) in [6, 6.07) is 8.40. The average Bonchev–Trinajstić information content (AvgIpc) is 2.29. The first-order valence-corrected chi connectivity index (χ1v) is 4.45. The largest absolute Gasteiger partial charge is 0.451 e. The minimum atomic E-state index is -0.907. The molecule has 0 saturated carbocycles. The summed E-state index contributed by atoms with van der Waals surface area (Å²) in [6.07, 6.45) is -0.265. The second kappa shape index (κ2) is 5.05. The van der Waals surface area contributed by atoms with Gasteiger partial charge in [-0.25, -0.2) is 4.79 Å². The zero-order valence-electron chi connectivity index (χ0n) is 8.27. The maximum absolute atomic E-state index is 11.4. The van der Waals surface area contributed by atoms with Crippen molar-refractivity contribution in [3.63, 3.8) is 0 Å². The predicted octanol–water partition coefficient (Wildman–Crippen LogP) is 1.45. The van der Waals surface area contributed by atoms with Crippen LogP contribution in [0.2, 0.25) is 0 Å². The molecule has 1 aromatic rings. The molecule has 15 heavy (non-hydrogen) atoms. The Bertz CT molecular complexity index is 373. The topological polar surface area (TPSA) is 67.2 Å². The maximum Gasteiger partial charge on any atom is 0.338 e. The van der Waals surface area contributed by atoms with Crippen LogP contribution in [-0.4, -0.2) is 24.1 Å². The van der Waals surface area contributed by atoms with Crippen molar-refractivity contribution in [1.29, 1.82) is 5.41 Å². The highest BCUT2D eigenvalue weighted by Crippen LogP contribution is 2.03. The van der Waals surface area contributed by atoms with Gasteiger partial charge in [-0.2, -0.15) is 0 Å². The zero-order valence-corrected chi connectivity index (χ0v) is 8.27. The van der Waals surface area contributed by atoms with E-state index in [1.165, 1.54) is 6.92 Å². The molecule has 1 atom stereocenters. The fourth-order valence-corrected chi connectivity index (χ4v) is 0.978. The Kier molecular flexibility index (Phi) is 3.74. The zero-order chi connectivity index (χ0) is 11.3. The van der Waals surface area contributed by atoms with Crippen LogP contribution in [0, 0.1) is 5.41 Å². The monoisotopic (exact) mass is 205 g/mol. The molecule has 1 N–H and O–H groups in total. The normalized spacial score (nSPS) is 11.5. The molecule has 0 aliphatic carbocycles. The highest BCUT2D eigenvalue weighted by Gasteiger charge is 2.16. The molecule has 0 bridgehead atoms. The lowest BCUT2D eigenvalue weighted by Crippen LogP contribution is -2.24. The Balaban J connectivity index is 2.64. The Morgan fingerprint density at radius 3 is 2.47 bits per heavy atom. The van der Waals surface area contributed by atoms with Crippen molar-refractivity contribution >= 4 is 18.0 Å². The van der Waals surface area contributed by atoms with Crippen molar-refractivity contribution in [3.05, 3.63) is 35.9 Å². The van der Waals surface area contributed by atoms with E-state index in [0.29, 0.717) is 11.8 Å². The Morgan fingerprint density at radius 1 is 1.33 bits per heavy atom. The summed E-state index contributed by atoms with van der Waals surface area (Å²) < 4.78 is 4.85. The number of hydrogen-bond acceptors (Lipinski definition) is 4. The minimum Gasteiger partial charge on any atom is -0.451 e. The quantitative estimate of drug-likeness (QED) is 0.597. The van der Waals surface area contributed by atoms with E-state index >= 15 is 0 Å². The van der Waals surface area contributed by atoms with Crippen molar-refractivity contribution in [2.45, 2.75) is 13.0 Å². The summed E-state index contributed by atoms with van der Waals surface area (Å²) in [5, 5.41) is 6.72. The van der Waals surface area contributed by atoms with Gasteiger partial charge in [0, 0.05) is 0 Å². The first-order valence-electron chi connectivity index (χ1n) is 4.45. The lowest BCUT2D eigenvalue weighted by Gasteiger charge is -2.09. The van der Waals surface area contributed by atoms with Gasteiger partial charge in [0.15, 0.2) is 6.10 Å². The third-order valence-electron chi connectivity index (χ3n) is 1.84. The number of ether oxygens (including phenoxy) is 1. The summed E-state index contributed by atoms with van der Waals surface area (Å²) in [7, 11) is 0. The molecule has 78 valence electrons. The average molecular weight is 205 g/mol. The van der Waals surface area contributed by atoms with Crippen LogP contribution in [-0.2, 0) is 9.53 Å². The molecule has 1 aromatic carbocycles. The van der Waals surface area contributed by atoms with Gasteiger partial charge < -0.3 is 10.1 Å². The summed E-state index contributed by atoms with van der Waals surface area (Å²) in [4.78, 5) is 22.4. The van der Waals surface area contributed by atoms with E-state index in [1.807, 2.05) is 0 Å². The van der Waals surface area contributed by atoms with Crippen LogP contribution in [0.3, 0.4) is 0 Å². The summed E-state index contributed by atoms with van der Waals surface area (Å²) in [5.41, 5.74) is 0.391. The summed E-state index contributed by atoms with van der Waals surface area (Å²) in [6.45, 7) is 1.44. The first kappa shape index (κ1) is 11.1. The standard InChI is InChI=1S/C11H11NO3/c1-8(10(13)7-12)15-11(14)9-5-3-2-4-6-9/h2-8,12H,1H3. The molecule has 1 unspecified atom stereocenters. The van der Waals surface area contributed by atoms with E-state index in [4.69, 9.17) is 10.1 Å². The second-order valence-electron chi connectivity index (χ2n) is 2.96. The van der Waals surface area contributed by atoms with Gasteiger partial charge >= 0.3 is 5.97 Å². The van der Waals surface area contributed by atoms with E-state index in [-0.39, 0.29) is 0 Å². The van der Waals surface area contributed by atoms with Crippen LogP contribution < -0.4 is 0 Å². The molecule has 0 aliphatic heterocycles. The number of hydrogen-bond donors (Lipinski definition) is 1. The smallest absolute Gasteiger partial charge is 0.338 e. The Labute approximate surface area is 87.4 Å². The van der Waals surface area contributed by atoms with E-state index in [9.17, 15) is 9.59 Å². The Hall–Kier alpha value is -1.97. The van der Waals surface area contributed by atoms with E-state index in [0.717, 1.165) is 0 Å². The Morgan fingerprint density at radius 2 is 1.93 bits per heavy atom. The number of nitrogens with one attached hydrogen (secondary N) is 1. The van der Waals surface area contributed by atoms with Crippen LogP contribution in [0.15, 0.2) is 30.3 Å². The van der Waals surface area contributed by atoms with Gasteiger partial charge in [-0.1, -0.05) is 18.2 Å². The minimum absolute atomic E-state index is 0.391. The summed E-state index contributed by atoms with van der Waals surface area (Å²) in [5.74, 6) is -1.09. The van der Waals surface area contributed by atoms with Gasteiger partial charge in [-0.3, -0.25) is 4.79 Å². The predicted molar refractivity (Wildman–Crippen MR) is 55.1 cm³/mol. The molecule has 0 saturated heterocycles. The molecular weight excluding hydrogens is 194 g/mol. The molecule has 4 nitrogen and oxygen atoms in total. The van der Waals surface area contributed by atoms with Crippen LogP contribution in [0.4, 0.5) is 0 Å². The van der Waals surface area contributed by atoms with Crippen LogP contribution in [0.1, 0.15) is 17.3 Å². The van der Waals surface area contributed by atoms with Gasteiger partial charge in [0.1, 0.15) is 0 Å². The number of carbonyl (C=O) groups is 2. The van der Waals surface area contributed by atoms with Crippen molar-refractivity contribution in [2.24, 2.45) is 0 Å². The van der Waals surface area contributed by atoms with Gasteiger partial charge in [0.2, 0.25) is 5.78 Å². The molecular formula is C11H11NO3. The SMILES string of the molecule is CC(OC(=O)c1ccccc1)C(=O)C=N. The van der Waals surface area contributed by atoms with Crippen LogP contribution >= 0.6 is 0 Å². The number of ketones is 1. The number of rotatable bonds is 4. The number of Topliss-reactive ketones (excluding diaryl/α,β-unsaturated/α-hetero) is 1. The first-order chi connectivity index (χ1) is 7.15. The van der Waals surface area contributed by atoms with Crippen molar-refractivity contribution in [2.75, 3.05) is 0 Å². The molecule has 0 fully saturated rings. The molecule has 1 rings (SSSR count). The van der Waals surface area contributed by atoms with Gasteiger partial charge in [-0.15, -0.1) is 0 Å². The number of carbonyl (C=O) groups excluding carboxylic acids is 2. The van der Waals surface area contributed by atoms with E-state index in [2.05, 4.69) is 0 Å².